The van der Waals surface area contributed by atoms with Gasteiger partial charge in [0.25, 0.3) is 0 Å². The van der Waals surface area contributed by atoms with E-state index in [1.807, 2.05) is 0 Å². The second kappa shape index (κ2) is 5.31. The summed E-state index contributed by atoms with van der Waals surface area (Å²) in [4.78, 5) is 2.68. The van der Waals surface area contributed by atoms with Crippen molar-refractivity contribution in [1.29, 1.82) is 0 Å². The van der Waals surface area contributed by atoms with Crippen LogP contribution in [0.4, 0.5) is 0 Å². The fourth-order valence-corrected chi connectivity index (χ4v) is 3.27. The molecule has 1 saturated heterocycles. The maximum absolute atomic E-state index is 6.30. The summed E-state index contributed by atoms with van der Waals surface area (Å²) in [7, 11) is 0. The minimum absolute atomic E-state index is 0.447. The van der Waals surface area contributed by atoms with E-state index in [1.165, 1.54) is 58.0 Å². The van der Waals surface area contributed by atoms with Gasteiger partial charge in [0, 0.05) is 18.6 Å². The Morgan fingerprint density at radius 2 is 1.93 bits per heavy atom. The van der Waals surface area contributed by atoms with E-state index in [1.54, 1.807) is 0 Å². The lowest BCUT2D eigenvalue weighted by molar-refractivity contribution is 0.193. The molecule has 2 heteroatoms. The smallest absolute Gasteiger partial charge is 0.0247 e. The third kappa shape index (κ3) is 2.73. The standard InChI is InChI=1S/C13H26N2/c1-2-11-8-9-15(10-11)13-7-5-3-4-6-12(13)14/h11-13H,2-10,14H2,1H3. The molecule has 15 heavy (non-hydrogen) atoms. The molecule has 0 aromatic carbocycles. The van der Waals surface area contributed by atoms with Crippen LogP contribution in [0.1, 0.15) is 51.9 Å². The maximum atomic E-state index is 6.30. The molecule has 0 radical (unpaired) electrons. The molecule has 2 aliphatic rings. The minimum Gasteiger partial charge on any atom is -0.326 e. The molecule has 0 aromatic heterocycles. The zero-order chi connectivity index (χ0) is 10.7. The summed E-state index contributed by atoms with van der Waals surface area (Å²) >= 11 is 0. The van der Waals surface area contributed by atoms with Gasteiger partial charge >= 0.3 is 0 Å². The van der Waals surface area contributed by atoms with E-state index in [0.29, 0.717) is 12.1 Å². The molecule has 2 N–H and O–H groups in total. The first-order chi connectivity index (χ1) is 7.31. The Morgan fingerprint density at radius 3 is 2.67 bits per heavy atom. The van der Waals surface area contributed by atoms with Crippen molar-refractivity contribution < 1.29 is 0 Å². The fourth-order valence-electron chi connectivity index (χ4n) is 3.27. The quantitative estimate of drug-likeness (QED) is 0.709. The van der Waals surface area contributed by atoms with E-state index in [2.05, 4.69) is 11.8 Å². The number of likely N-dealkylation sites (tertiary alicyclic amines) is 1. The number of nitrogens with zero attached hydrogens (tertiary/aromatic N) is 1. The van der Waals surface area contributed by atoms with Gasteiger partial charge in [-0.2, -0.15) is 0 Å². The van der Waals surface area contributed by atoms with E-state index in [9.17, 15) is 0 Å². The van der Waals surface area contributed by atoms with Gasteiger partial charge < -0.3 is 5.73 Å². The van der Waals surface area contributed by atoms with Crippen LogP contribution in [-0.2, 0) is 0 Å². The Bertz CT molecular complexity index is 193. The van der Waals surface area contributed by atoms with Crippen molar-refractivity contribution in [3.63, 3.8) is 0 Å². The van der Waals surface area contributed by atoms with Gasteiger partial charge in [-0.3, -0.25) is 4.90 Å². The van der Waals surface area contributed by atoms with Crippen LogP contribution in [-0.4, -0.2) is 30.1 Å². The SMILES string of the molecule is CCC1CCN(C2CCCCCC2N)C1. The van der Waals surface area contributed by atoms with Crippen LogP contribution in [0.2, 0.25) is 0 Å². The Hall–Kier alpha value is -0.0800. The van der Waals surface area contributed by atoms with E-state index in [4.69, 9.17) is 5.73 Å². The van der Waals surface area contributed by atoms with Crippen molar-refractivity contribution >= 4 is 0 Å². The van der Waals surface area contributed by atoms with Crippen molar-refractivity contribution in [3.05, 3.63) is 0 Å². The van der Waals surface area contributed by atoms with Crippen molar-refractivity contribution in [3.8, 4) is 0 Å². The van der Waals surface area contributed by atoms with Crippen LogP contribution in [0.5, 0.6) is 0 Å². The predicted octanol–water partition coefficient (Wildman–Crippen LogP) is 2.38. The molecule has 0 bridgehead atoms. The Labute approximate surface area is 94.2 Å². The Kier molecular flexibility index (Phi) is 4.04. The van der Waals surface area contributed by atoms with Gasteiger partial charge in [0.05, 0.1) is 0 Å². The van der Waals surface area contributed by atoms with E-state index >= 15 is 0 Å². The molecule has 1 saturated carbocycles. The van der Waals surface area contributed by atoms with Gasteiger partial charge in [-0.1, -0.05) is 32.6 Å². The highest BCUT2D eigenvalue weighted by molar-refractivity contribution is 4.88. The third-order valence-electron chi connectivity index (χ3n) is 4.40. The summed E-state index contributed by atoms with van der Waals surface area (Å²) in [6.07, 6.45) is 9.48. The average Bonchev–Trinajstić information content (AvgIpc) is 2.62. The molecule has 0 spiro atoms. The number of hydrogen-bond acceptors (Lipinski definition) is 2. The number of hydrogen-bond donors (Lipinski definition) is 1. The van der Waals surface area contributed by atoms with Crippen LogP contribution in [0, 0.1) is 5.92 Å². The van der Waals surface area contributed by atoms with Gasteiger partial charge in [-0.25, -0.2) is 0 Å². The highest BCUT2D eigenvalue weighted by Crippen LogP contribution is 2.27. The van der Waals surface area contributed by atoms with Crippen LogP contribution in [0.3, 0.4) is 0 Å². The van der Waals surface area contributed by atoms with Gasteiger partial charge in [0.2, 0.25) is 0 Å². The molecule has 1 heterocycles. The zero-order valence-corrected chi connectivity index (χ0v) is 10.1. The molecule has 3 unspecified atom stereocenters. The molecule has 3 atom stereocenters. The van der Waals surface area contributed by atoms with Crippen LogP contribution in [0.15, 0.2) is 0 Å². The van der Waals surface area contributed by atoms with Gasteiger partial charge in [0.15, 0.2) is 0 Å². The van der Waals surface area contributed by atoms with Crippen LogP contribution in [0.25, 0.3) is 0 Å². The summed E-state index contributed by atoms with van der Waals surface area (Å²) in [6.45, 7) is 4.94. The Morgan fingerprint density at radius 1 is 1.13 bits per heavy atom. The molecule has 2 fully saturated rings. The molecule has 0 amide bonds. The van der Waals surface area contributed by atoms with Gasteiger partial charge in [0.1, 0.15) is 0 Å². The van der Waals surface area contributed by atoms with Crippen LogP contribution < -0.4 is 5.73 Å². The van der Waals surface area contributed by atoms with Crippen molar-refractivity contribution in [2.75, 3.05) is 13.1 Å². The lowest BCUT2D eigenvalue weighted by atomic mass is 10.0. The monoisotopic (exact) mass is 210 g/mol. The van der Waals surface area contributed by atoms with Gasteiger partial charge in [-0.05, 0) is 31.7 Å². The lowest BCUT2D eigenvalue weighted by Gasteiger charge is -2.31. The predicted molar refractivity (Wildman–Crippen MR) is 64.8 cm³/mol. The normalized spacial score (nSPS) is 39.2. The van der Waals surface area contributed by atoms with E-state index in [-0.39, 0.29) is 0 Å². The molecule has 2 nitrogen and oxygen atoms in total. The largest absolute Gasteiger partial charge is 0.326 e. The number of nitrogens with two attached hydrogens (primary N) is 1. The summed E-state index contributed by atoms with van der Waals surface area (Å²) < 4.78 is 0. The summed E-state index contributed by atoms with van der Waals surface area (Å²) in [6, 6.07) is 1.15. The first-order valence-corrected chi connectivity index (χ1v) is 6.81. The minimum atomic E-state index is 0.447. The highest BCUT2D eigenvalue weighted by Gasteiger charge is 2.31. The summed E-state index contributed by atoms with van der Waals surface area (Å²) in [5, 5.41) is 0. The molecular formula is C13H26N2. The van der Waals surface area contributed by atoms with Crippen LogP contribution >= 0.6 is 0 Å². The second-order valence-corrected chi connectivity index (χ2v) is 5.43. The molecule has 88 valence electrons. The van der Waals surface area contributed by atoms with E-state index < -0.39 is 0 Å². The lowest BCUT2D eigenvalue weighted by Crippen LogP contribution is -2.46. The van der Waals surface area contributed by atoms with Crippen molar-refractivity contribution in [1.82, 2.24) is 4.90 Å². The van der Waals surface area contributed by atoms with Crippen molar-refractivity contribution in [2.45, 2.75) is 64.0 Å². The summed E-state index contributed by atoms with van der Waals surface area (Å²) in [5.74, 6) is 0.945. The molecule has 1 aliphatic heterocycles. The first-order valence-electron chi connectivity index (χ1n) is 6.81. The zero-order valence-electron chi connectivity index (χ0n) is 10.1. The summed E-state index contributed by atoms with van der Waals surface area (Å²) in [5.41, 5.74) is 6.30. The third-order valence-corrected chi connectivity index (χ3v) is 4.40. The molecule has 2 rings (SSSR count). The fraction of sp³-hybridized carbons (Fsp3) is 1.00. The molecular weight excluding hydrogens is 184 g/mol. The topological polar surface area (TPSA) is 29.3 Å². The first kappa shape index (κ1) is 11.4. The van der Waals surface area contributed by atoms with Gasteiger partial charge in [-0.15, -0.1) is 0 Å². The van der Waals surface area contributed by atoms with E-state index in [0.717, 1.165) is 5.92 Å². The second-order valence-electron chi connectivity index (χ2n) is 5.43. The Balaban J connectivity index is 1.90. The molecule has 1 aliphatic carbocycles. The number of rotatable bonds is 2. The average molecular weight is 210 g/mol. The maximum Gasteiger partial charge on any atom is 0.0247 e. The highest BCUT2D eigenvalue weighted by atomic mass is 15.2. The van der Waals surface area contributed by atoms with Crippen molar-refractivity contribution in [2.24, 2.45) is 11.7 Å². The molecule has 0 aromatic rings.